The third kappa shape index (κ3) is 5.53. The van der Waals surface area contributed by atoms with E-state index in [1.54, 1.807) is 17.4 Å². The summed E-state index contributed by atoms with van der Waals surface area (Å²) in [5, 5.41) is 11.0. The number of aromatic nitrogens is 3. The molecule has 0 saturated carbocycles. The molecule has 0 spiro atoms. The van der Waals surface area contributed by atoms with Crippen LogP contribution < -0.4 is 16.2 Å². The Morgan fingerprint density at radius 2 is 1.73 bits per heavy atom. The third-order valence-electron chi connectivity index (χ3n) is 5.01. The van der Waals surface area contributed by atoms with Crippen molar-refractivity contribution < 1.29 is 4.79 Å². The smallest absolute Gasteiger partial charge is 0.319 e. The second-order valence-electron chi connectivity index (χ2n) is 7.84. The molecule has 168 valence electrons. The van der Waals surface area contributed by atoms with Crippen molar-refractivity contribution in [3.05, 3.63) is 87.8 Å². The zero-order valence-corrected chi connectivity index (χ0v) is 19.6. The van der Waals surface area contributed by atoms with E-state index in [0.717, 1.165) is 38.0 Å². The van der Waals surface area contributed by atoms with Gasteiger partial charge >= 0.3 is 6.03 Å². The molecule has 7 nitrogen and oxygen atoms in total. The number of nitrogens with one attached hydrogen (secondary N) is 2. The summed E-state index contributed by atoms with van der Waals surface area (Å²) in [6.07, 6.45) is 0. The Balaban J connectivity index is 1.43. The molecule has 0 aliphatic carbocycles. The lowest BCUT2D eigenvalue weighted by atomic mass is 10.1. The first-order chi connectivity index (χ1) is 15.9. The molecule has 4 rings (SSSR count). The molecular weight excluding hydrogens is 434 g/mol. The number of anilines is 1. The molecule has 4 aromatic rings. The highest BCUT2D eigenvalue weighted by Gasteiger charge is 2.14. The van der Waals surface area contributed by atoms with Gasteiger partial charge in [-0.3, -0.25) is 4.79 Å². The maximum absolute atomic E-state index is 12.3. The highest BCUT2D eigenvalue weighted by Crippen LogP contribution is 2.33. The number of aryl methyl sites for hydroxylation is 3. The van der Waals surface area contributed by atoms with Crippen molar-refractivity contribution in [1.29, 1.82) is 0 Å². The van der Waals surface area contributed by atoms with E-state index in [1.807, 2.05) is 69.3 Å². The number of carbonyl (C=O) groups is 1. The van der Waals surface area contributed by atoms with E-state index in [-0.39, 0.29) is 24.7 Å². The maximum Gasteiger partial charge on any atom is 0.319 e. The van der Waals surface area contributed by atoms with Gasteiger partial charge in [-0.15, -0.1) is 11.3 Å². The number of urea groups is 1. The number of thiazole rings is 1. The summed E-state index contributed by atoms with van der Waals surface area (Å²) in [7, 11) is 0. The van der Waals surface area contributed by atoms with Crippen LogP contribution in [-0.2, 0) is 6.54 Å². The van der Waals surface area contributed by atoms with Gasteiger partial charge in [-0.05, 0) is 50.1 Å². The number of amides is 2. The lowest BCUT2D eigenvalue weighted by Crippen LogP contribution is -2.34. The van der Waals surface area contributed by atoms with E-state index < -0.39 is 0 Å². The molecule has 33 heavy (non-hydrogen) atoms. The van der Waals surface area contributed by atoms with Gasteiger partial charge in [-0.1, -0.05) is 36.4 Å². The van der Waals surface area contributed by atoms with Gasteiger partial charge in [0.25, 0.3) is 5.56 Å². The summed E-state index contributed by atoms with van der Waals surface area (Å²) in [5.74, 6) is 0. The number of benzene rings is 2. The Hall–Kier alpha value is -3.78. The van der Waals surface area contributed by atoms with Crippen molar-refractivity contribution >= 4 is 23.1 Å². The van der Waals surface area contributed by atoms with Gasteiger partial charge < -0.3 is 10.6 Å². The van der Waals surface area contributed by atoms with Gasteiger partial charge in [-0.25, -0.2) is 14.5 Å². The van der Waals surface area contributed by atoms with Crippen molar-refractivity contribution in [2.45, 2.75) is 27.3 Å². The van der Waals surface area contributed by atoms with E-state index in [4.69, 9.17) is 0 Å². The number of nitrogens with zero attached hydrogens (tertiary/aromatic N) is 3. The van der Waals surface area contributed by atoms with Crippen LogP contribution in [0.2, 0.25) is 0 Å². The van der Waals surface area contributed by atoms with Crippen LogP contribution >= 0.6 is 11.3 Å². The Morgan fingerprint density at radius 1 is 1.00 bits per heavy atom. The first-order valence-corrected chi connectivity index (χ1v) is 11.5. The summed E-state index contributed by atoms with van der Waals surface area (Å²) in [5.41, 5.74) is 5.26. The molecule has 0 saturated heterocycles. The lowest BCUT2D eigenvalue weighted by molar-refractivity contribution is 0.251. The average molecular weight is 460 g/mol. The molecule has 0 fully saturated rings. The zero-order chi connectivity index (χ0) is 23.4. The molecule has 0 radical (unpaired) electrons. The molecular formula is C25H25N5O2S. The van der Waals surface area contributed by atoms with E-state index in [2.05, 4.69) is 20.7 Å². The molecule has 2 heterocycles. The van der Waals surface area contributed by atoms with E-state index in [0.29, 0.717) is 5.69 Å². The van der Waals surface area contributed by atoms with Crippen molar-refractivity contribution in [2.24, 2.45) is 0 Å². The molecule has 0 aliphatic heterocycles. The van der Waals surface area contributed by atoms with Gasteiger partial charge in [0.2, 0.25) is 0 Å². The van der Waals surface area contributed by atoms with Crippen LogP contribution in [0, 0.1) is 20.8 Å². The summed E-state index contributed by atoms with van der Waals surface area (Å²) in [6.45, 7) is 6.43. The largest absolute Gasteiger partial charge is 0.336 e. The molecule has 2 amide bonds. The van der Waals surface area contributed by atoms with Crippen LogP contribution in [0.3, 0.4) is 0 Å². The van der Waals surface area contributed by atoms with Gasteiger partial charge in [0.05, 0.1) is 17.1 Å². The first kappa shape index (κ1) is 22.4. The Kier molecular flexibility index (Phi) is 6.65. The highest BCUT2D eigenvalue weighted by molar-refractivity contribution is 7.18. The van der Waals surface area contributed by atoms with E-state index in [9.17, 15) is 9.59 Å². The van der Waals surface area contributed by atoms with Crippen molar-refractivity contribution in [1.82, 2.24) is 20.1 Å². The van der Waals surface area contributed by atoms with Gasteiger partial charge in [-0.2, -0.15) is 5.10 Å². The second kappa shape index (κ2) is 9.79. The standard InChI is InChI=1S/C25H25N5O2S/c1-16-13-17(2)15-20(14-16)28-25(32)26-11-12-30-22(31)10-9-21(29-30)23-18(3)27-24(33-23)19-7-5-4-6-8-19/h4-10,13-15H,11-12H2,1-3H3,(H2,26,28,32). The Bertz CT molecular complexity index is 1320. The summed E-state index contributed by atoms with van der Waals surface area (Å²) < 4.78 is 1.37. The van der Waals surface area contributed by atoms with Crippen molar-refractivity contribution in [2.75, 3.05) is 11.9 Å². The normalized spacial score (nSPS) is 10.8. The molecule has 0 bridgehead atoms. The predicted molar refractivity (Wildman–Crippen MR) is 133 cm³/mol. The molecule has 8 heteroatoms. The topological polar surface area (TPSA) is 88.9 Å². The Morgan fingerprint density at radius 3 is 2.45 bits per heavy atom. The van der Waals surface area contributed by atoms with Crippen LogP contribution in [-0.4, -0.2) is 27.3 Å². The summed E-state index contributed by atoms with van der Waals surface area (Å²) in [4.78, 5) is 30.2. The molecule has 2 N–H and O–H groups in total. The quantitative estimate of drug-likeness (QED) is 0.434. The molecule has 0 aliphatic rings. The van der Waals surface area contributed by atoms with E-state index >= 15 is 0 Å². The minimum Gasteiger partial charge on any atom is -0.336 e. The van der Waals surface area contributed by atoms with Crippen LogP contribution in [0.1, 0.15) is 16.8 Å². The van der Waals surface area contributed by atoms with Gasteiger partial charge in [0.15, 0.2) is 0 Å². The van der Waals surface area contributed by atoms with Gasteiger partial charge in [0, 0.05) is 23.9 Å². The number of hydrogen-bond donors (Lipinski definition) is 2. The molecule has 2 aromatic heterocycles. The number of rotatable bonds is 6. The fourth-order valence-electron chi connectivity index (χ4n) is 3.57. The van der Waals surface area contributed by atoms with Crippen LogP contribution in [0.5, 0.6) is 0 Å². The number of carbonyl (C=O) groups excluding carboxylic acids is 1. The van der Waals surface area contributed by atoms with Crippen LogP contribution in [0.4, 0.5) is 10.5 Å². The van der Waals surface area contributed by atoms with Crippen molar-refractivity contribution in [3.63, 3.8) is 0 Å². The fourth-order valence-corrected chi connectivity index (χ4v) is 4.60. The average Bonchev–Trinajstić information content (AvgIpc) is 3.16. The molecule has 2 aromatic carbocycles. The van der Waals surface area contributed by atoms with Crippen LogP contribution in [0.15, 0.2) is 65.5 Å². The SMILES string of the molecule is Cc1cc(C)cc(NC(=O)NCCn2nc(-c3sc(-c4ccccc4)nc3C)ccc2=O)c1. The maximum atomic E-state index is 12.3. The van der Waals surface area contributed by atoms with Crippen molar-refractivity contribution in [3.8, 4) is 21.1 Å². The Labute approximate surface area is 196 Å². The lowest BCUT2D eigenvalue weighted by Gasteiger charge is -2.10. The molecule has 0 unspecified atom stereocenters. The number of hydrogen-bond acceptors (Lipinski definition) is 5. The zero-order valence-electron chi connectivity index (χ0n) is 18.8. The van der Waals surface area contributed by atoms with Crippen LogP contribution in [0.25, 0.3) is 21.1 Å². The highest BCUT2D eigenvalue weighted by atomic mass is 32.1. The minimum absolute atomic E-state index is 0.222. The monoisotopic (exact) mass is 459 g/mol. The molecule has 0 atom stereocenters. The summed E-state index contributed by atoms with van der Waals surface area (Å²) >= 11 is 1.54. The first-order valence-electron chi connectivity index (χ1n) is 10.6. The minimum atomic E-state index is -0.324. The summed E-state index contributed by atoms with van der Waals surface area (Å²) in [6, 6.07) is 18.7. The fraction of sp³-hybridized carbons (Fsp3) is 0.200. The van der Waals surface area contributed by atoms with E-state index in [1.165, 1.54) is 10.7 Å². The predicted octanol–water partition coefficient (Wildman–Crippen LogP) is 4.78. The second-order valence-corrected chi connectivity index (χ2v) is 8.84. The van der Waals surface area contributed by atoms with Gasteiger partial charge in [0.1, 0.15) is 10.7 Å². The third-order valence-corrected chi connectivity index (χ3v) is 6.23.